The Labute approximate surface area is 121 Å². The maximum Gasteiger partial charge on any atom is 0.416 e. The maximum absolute atomic E-state index is 12.7. The minimum atomic E-state index is -4.34. The van der Waals surface area contributed by atoms with Gasteiger partial charge in [-0.3, -0.25) is 16.3 Å². The van der Waals surface area contributed by atoms with Gasteiger partial charge in [0.1, 0.15) is 0 Å². The quantitative estimate of drug-likeness (QED) is 0.673. The first-order valence-corrected chi connectivity index (χ1v) is 6.45. The van der Waals surface area contributed by atoms with Crippen molar-refractivity contribution in [3.05, 3.63) is 65.0 Å². The van der Waals surface area contributed by atoms with E-state index >= 15 is 0 Å². The van der Waals surface area contributed by atoms with Gasteiger partial charge in [-0.25, -0.2) is 0 Å². The number of hydrogen-bond acceptors (Lipinski definition) is 3. The Morgan fingerprint density at radius 1 is 1.24 bits per heavy atom. The van der Waals surface area contributed by atoms with E-state index in [1.807, 2.05) is 13.0 Å². The molecule has 0 aliphatic carbocycles. The van der Waals surface area contributed by atoms with Crippen LogP contribution >= 0.6 is 0 Å². The minimum absolute atomic E-state index is 0.268. The maximum atomic E-state index is 12.7. The number of aryl methyl sites for hydroxylation is 1. The molecule has 0 aliphatic heterocycles. The van der Waals surface area contributed by atoms with E-state index in [1.54, 1.807) is 18.3 Å². The fourth-order valence-corrected chi connectivity index (χ4v) is 2.17. The van der Waals surface area contributed by atoms with Gasteiger partial charge in [0.05, 0.1) is 11.6 Å². The van der Waals surface area contributed by atoms with Crippen molar-refractivity contribution in [3.63, 3.8) is 0 Å². The molecule has 112 valence electrons. The fraction of sp³-hybridized carbons (Fsp3) is 0.267. The van der Waals surface area contributed by atoms with Crippen molar-refractivity contribution < 1.29 is 13.2 Å². The van der Waals surface area contributed by atoms with Gasteiger partial charge in [-0.1, -0.05) is 18.2 Å². The molecule has 1 aromatic carbocycles. The molecule has 0 aliphatic rings. The van der Waals surface area contributed by atoms with E-state index in [2.05, 4.69) is 10.4 Å². The molecule has 1 heterocycles. The van der Waals surface area contributed by atoms with Crippen LogP contribution in [0.3, 0.4) is 0 Å². The summed E-state index contributed by atoms with van der Waals surface area (Å²) in [7, 11) is 0. The Kier molecular flexibility index (Phi) is 4.59. The van der Waals surface area contributed by atoms with Crippen molar-refractivity contribution in [1.82, 2.24) is 10.4 Å². The highest BCUT2D eigenvalue weighted by molar-refractivity contribution is 5.28. The SMILES string of the molecule is Cc1cc(C(Cc2cccc(C(F)(F)F)c2)NN)ccn1. The van der Waals surface area contributed by atoms with Crippen molar-refractivity contribution in [1.29, 1.82) is 0 Å². The normalized spacial score (nSPS) is 13.2. The lowest BCUT2D eigenvalue weighted by Crippen LogP contribution is -2.29. The molecule has 3 nitrogen and oxygen atoms in total. The van der Waals surface area contributed by atoms with Crippen LogP contribution in [0.15, 0.2) is 42.6 Å². The molecular weight excluding hydrogens is 279 g/mol. The van der Waals surface area contributed by atoms with Gasteiger partial charge in [-0.15, -0.1) is 0 Å². The van der Waals surface area contributed by atoms with Crippen molar-refractivity contribution in [2.75, 3.05) is 0 Å². The third-order valence-electron chi connectivity index (χ3n) is 3.22. The zero-order chi connectivity index (χ0) is 15.5. The molecule has 2 aromatic rings. The number of rotatable bonds is 4. The highest BCUT2D eigenvalue weighted by Gasteiger charge is 2.30. The first-order valence-electron chi connectivity index (χ1n) is 6.45. The van der Waals surface area contributed by atoms with Gasteiger partial charge in [0.15, 0.2) is 0 Å². The Balaban J connectivity index is 2.23. The van der Waals surface area contributed by atoms with Gasteiger partial charge in [0.25, 0.3) is 0 Å². The van der Waals surface area contributed by atoms with Crippen molar-refractivity contribution in [2.24, 2.45) is 5.84 Å². The molecule has 0 fully saturated rings. The summed E-state index contributed by atoms with van der Waals surface area (Å²) in [5.41, 5.74) is 4.29. The molecule has 21 heavy (non-hydrogen) atoms. The summed E-state index contributed by atoms with van der Waals surface area (Å²) in [4.78, 5) is 4.09. The van der Waals surface area contributed by atoms with Crippen LogP contribution in [0.4, 0.5) is 13.2 Å². The monoisotopic (exact) mass is 295 g/mol. The van der Waals surface area contributed by atoms with Crippen LogP contribution in [0, 0.1) is 6.92 Å². The lowest BCUT2D eigenvalue weighted by Gasteiger charge is -2.17. The highest BCUT2D eigenvalue weighted by Crippen LogP contribution is 2.30. The Morgan fingerprint density at radius 2 is 2.00 bits per heavy atom. The number of nitrogens with two attached hydrogens (primary N) is 1. The number of alkyl halides is 3. The van der Waals surface area contributed by atoms with Crippen LogP contribution in [0.5, 0.6) is 0 Å². The topological polar surface area (TPSA) is 50.9 Å². The molecule has 6 heteroatoms. The smallest absolute Gasteiger partial charge is 0.271 e. The zero-order valence-corrected chi connectivity index (χ0v) is 11.5. The number of pyridine rings is 1. The van der Waals surface area contributed by atoms with Crippen LogP contribution in [0.25, 0.3) is 0 Å². The Morgan fingerprint density at radius 3 is 2.62 bits per heavy atom. The molecule has 1 unspecified atom stereocenters. The second-order valence-corrected chi connectivity index (χ2v) is 4.85. The largest absolute Gasteiger partial charge is 0.416 e. The summed E-state index contributed by atoms with van der Waals surface area (Å²) in [6.07, 6.45) is -2.32. The predicted octanol–water partition coefficient (Wildman–Crippen LogP) is 3.16. The molecule has 0 saturated heterocycles. The minimum Gasteiger partial charge on any atom is -0.271 e. The lowest BCUT2D eigenvalue weighted by molar-refractivity contribution is -0.137. The summed E-state index contributed by atoms with van der Waals surface area (Å²) in [6.45, 7) is 1.85. The van der Waals surface area contributed by atoms with Gasteiger partial charge in [0, 0.05) is 11.9 Å². The summed E-state index contributed by atoms with van der Waals surface area (Å²) in [5.74, 6) is 5.53. The Bertz CT molecular complexity index is 611. The number of nitrogens with zero attached hydrogens (tertiary/aromatic N) is 1. The van der Waals surface area contributed by atoms with E-state index in [9.17, 15) is 13.2 Å². The number of halogens is 3. The lowest BCUT2D eigenvalue weighted by atomic mass is 9.98. The number of benzene rings is 1. The summed E-state index contributed by atoms with van der Waals surface area (Å²) in [5, 5.41) is 0. The van der Waals surface area contributed by atoms with Gasteiger partial charge < -0.3 is 0 Å². The first-order chi connectivity index (χ1) is 9.90. The van der Waals surface area contributed by atoms with Crippen molar-refractivity contribution in [3.8, 4) is 0 Å². The molecule has 1 atom stereocenters. The van der Waals surface area contributed by atoms with Crippen LogP contribution < -0.4 is 11.3 Å². The van der Waals surface area contributed by atoms with Gasteiger partial charge >= 0.3 is 6.18 Å². The number of hydrazine groups is 1. The first kappa shape index (κ1) is 15.5. The van der Waals surface area contributed by atoms with Crippen LogP contribution in [0.2, 0.25) is 0 Å². The van der Waals surface area contributed by atoms with Crippen LogP contribution in [0.1, 0.15) is 28.4 Å². The van der Waals surface area contributed by atoms with E-state index in [-0.39, 0.29) is 6.04 Å². The van der Waals surface area contributed by atoms with Crippen LogP contribution in [-0.2, 0) is 12.6 Å². The zero-order valence-electron chi connectivity index (χ0n) is 11.5. The molecule has 2 rings (SSSR count). The molecule has 1 aromatic heterocycles. The third-order valence-corrected chi connectivity index (χ3v) is 3.22. The third kappa shape index (κ3) is 4.03. The summed E-state index contributed by atoms with van der Waals surface area (Å²) >= 11 is 0. The van der Waals surface area contributed by atoms with Crippen molar-refractivity contribution >= 4 is 0 Å². The molecule has 0 radical (unpaired) electrons. The molecule has 0 bridgehead atoms. The summed E-state index contributed by atoms with van der Waals surface area (Å²) < 4.78 is 38.1. The van der Waals surface area contributed by atoms with E-state index in [0.717, 1.165) is 23.4 Å². The van der Waals surface area contributed by atoms with E-state index in [4.69, 9.17) is 5.84 Å². The standard InChI is InChI=1S/C15H16F3N3/c1-10-7-12(5-6-20-10)14(21-19)9-11-3-2-4-13(8-11)15(16,17)18/h2-8,14,21H,9,19H2,1H3. The molecule has 0 spiro atoms. The number of aromatic nitrogens is 1. The second-order valence-electron chi connectivity index (χ2n) is 4.85. The van der Waals surface area contributed by atoms with Gasteiger partial charge in [-0.05, 0) is 42.7 Å². The fourth-order valence-electron chi connectivity index (χ4n) is 2.17. The summed E-state index contributed by atoms with van der Waals surface area (Å²) in [6, 6.07) is 8.67. The predicted molar refractivity (Wildman–Crippen MR) is 74.2 cm³/mol. The van der Waals surface area contributed by atoms with E-state index < -0.39 is 11.7 Å². The average Bonchev–Trinajstić information content (AvgIpc) is 2.44. The number of nitrogens with one attached hydrogen (secondary N) is 1. The average molecular weight is 295 g/mol. The number of hydrogen-bond donors (Lipinski definition) is 2. The van der Waals surface area contributed by atoms with E-state index in [0.29, 0.717) is 12.0 Å². The second kappa shape index (κ2) is 6.24. The highest BCUT2D eigenvalue weighted by atomic mass is 19.4. The molecule has 0 saturated carbocycles. The van der Waals surface area contributed by atoms with Gasteiger partial charge in [-0.2, -0.15) is 13.2 Å². The Hall–Kier alpha value is -1.92. The molecule has 3 N–H and O–H groups in total. The molecule has 0 amide bonds. The molecular formula is C15H16F3N3. The van der Waals surface area contributed by atoms with Crippen molar-refractivity contribution in [2.45, 2.75) is 25.6 Å². The van der Waals surface area contributed by atoms with Crippen LogP contribution in [-0.4, -0.2) is 4.98 Å². The van der Waals surface area contributed by atoms with Gasteiger partial charge in [0.2, 0.25) is 0 Å². The van der Waals surface area contributed by atoms with E-state index in [1.165, 1.54) is 6.07 Å².